The maximum absolute atomic E-state index is 5.74. The summed E-state index contributed by atoms with van der Waals surface area (Å²) in [5, 5.41) is 3.56. The molecule has 1 N–H and O–H groups in total. The molecule has 0 aromatic heterocycles. The predicted molar refractivity (Wildman–Crippen MR) is 64.4 cm³/mol. The first kappa shape index (κ1) is 12.3. The second-order valence-corrected chi connectivity index (χ2v) is 5.32. The Kier molecular flexibility index (Phi) is 4.22. The molecule has 3 nitrogen and oxygen atoms in total. The summed E-state index contributed by atoms with van der Waals surface area (Å²) in [4.78, 5) is 0. The second kappa shape index (κ2) is 5.48. The van der Waals surface area contributed by atoms with E-state index in [2.05, 4.69) is 19.2 Å². The summed E-state index contributed by atoms with van der Waals surface area (Å²) < 4.78 is 11.3. The third kappa shape index (κ3) is 3.19. The van der Waals surface area contributed by atoms with E-state index in [1.54, 1.807) is 0 Å². The van der Waals surface area contributed by atoms with E-state index in [0.29, 0.717) is 11.6 Å². The Morgan fingerprint density at radius 3 is 3.00 bits per heavy atom. The van der Waals surface area contributed by atoms with E-state index in [1.165, 1.54) is 25.7 Å². The first-order valence-electron chi connectivity index (χ1n) is 6.75. The zero-order valence-corrected chi connectivity index (χ0v) is 10.6. The summed E-state index contributed by atoms with van der Waals surface area (Å²) in [6.07, 6.45) is 7.24. The van der Waals surface area contributed by atoms with Gasteiger partial charge in [-0.25, -0.2) is 0 Å². The van der Waals surface area contributed by atoms with Gasteiger partial charge in [0.2, 0.25) is 0 Å². The molecule has 0 bridgehead atoms. The normalized spacial score (nSPS) is 38.6. The van der Waals surface area contributed by atoms with Crippen molar-refractivity contribution < 1.29 is 9.47 Å². The third-order valence-electron chi connectivity index (χ3n) is 3.81. The Hall–Kier alpha value is -0.120. The van der Waals surface area contributed by atoms with Gasteiger partial charge in [-0.1, -0.05) is 13.3 Å². The first-order chi connectivity index (χ1) is 7.74. The van der Waals surface area contributed by atoms with Gasteiger partial charge in [-0.3, -0.25) is 0 Å². The molecule has 2 saturated heterocycles. The lowest BCUT2D eigenvalue weighted by atomic mass is 10.0. The van der Waals surface area contributed by atoms with Crippen molar-refractivity contribution in [3.63, 3.8) is 0 Å². The van der Waals surface area contributed by atoms with E-state index in [9.17, 15) is 0 Å². The SMILES string of the molecule is CCCC1(C)N[C@H]1CCOC1CCCCO1. The molecule has 0 radical (unpaired) electrons. The summed E-state index contributed by atoms with van der Waals surface area (Å²) in [5.41, 5.74) is 0.394. The van der Waals surface area contributed by atoms with Crippen molar-refractivity contribution in [3.05, 3.63) is 0 Å². The lowest BCUT2D eigenvalue weighted by Gasteiger charge is -2.22. The molecular formula is C13H25NO2. The van der Waals surface area contributed by atoms with Crippen LogP contribution in [0.5, 0.6) is 0 Å². The molecule has 0 aliphatic carbocycles. The number of rotatable bonds is 6. The number of hydrogen-bond donors (Lipinski definition) is 1. The zero-order chi connectivity index (χ0) is 11.4. The average molecular weight is 227 g/mol. The Bertz CT molecular complexity index is 216. The van der Waals surface area contributed by atoms with E-state index in [0.717, 1.165) is 26.1 Å². The fraction of sp³-hybridized carbons (Fsp3) is 1.00. The quantitative estimate of drug-likeness (QED) is 0.709. The molecule has 2 rings (SSSR count). The minimum Gasteiger partial charge on any atom is -0.353 e. The largest absolute Gasteiger partial charge is 0.353 e. The summed E-state index contributed by atoms with van der Waals surface area (Å²) in [6.45, 7) is 6.27. The van der Waals surface area contributed by atoms with E-state index >= 15 is 0 Å². The van der Waals surface area contributed by atoms with Crippen LogP contribution in [0.3, 0.4) is 0 Å². The second-order valence-electron chi connectivity index (χ2n) is 5.32. The Balaban J connectivity index is 1.55. The lowest BCUT2D eigenvalue weighted by Crippen LogP contribution is -2.23. The highest BCUT2D eigenvalue weighted by Crippen LogP contribution is 2.33. The molecule has 2 aliphatic rings. The van der Waals surface area contributed by atoms with Crippen molar-refractivity contribution in [1.82, 2.24) is 5.32 Å². The molecule has 0 aromatic carbocycles. The Morgan fingerprint density at radius 1 is 1.44 bits per heavy atom. The van der Waals surface area contributed by atoms with Crippen molar-refractivity contribution in [1.29, 1.82) is 0 Å². The molecule has 3 heteroatoms. The van der Waals surface area contributed by atoms with E-state index in [4.69, 9.17) is 9.47 Å². The highest BCUT2D eigenvalue weighted by atomic mass is 16.7. The van der Waals surface area contributed by atoms with Crippen LogP contribution < -0.4 is 5.32 Å². The molecule has 0 amide bonds. The maximum atomic E-state index is 5.74. The topological polar surface area (TPSA) is 40.4 Å². The summed E-state index contributed by atoms with van der Waals surface area (Å²) in [5.74, 6) is 0. The van der Waals surface area contributed by atoms with Crippen molar-refractivity contribution >= 4 is 0 Å². The molecule has 0 saturated carbocycles. The van der Waals surface area contributed by atoms with Gasteiger partial charge in [0.15, 0.2) is 6.29 Å². The first-order valence-corrected chi connectivity index (χ1v) is 6.75. The molecule has 94 valence electrons. The molecule has 0 spiro atoms. The van der Waals surface area contributed by atoms with Crippen LogP contribution in [0.15, 0.2) is 0 Å². The number of hydrogen-bond acceptors (Lipinski definition) is 3. The fourth-order valence-corrected chi connectivity index (χ4v) is 2.67. The van der Waals surface area contributed by atoms with E-state index in [-0.39, 0.29) is 6.29 Å². The van der Waals surface area contributed by atoms with Crippen LogP contribution in [0.4, 0.5) is 0 Å². The smallest absolute Gasteiger partial charge is 0.157 e. The van der Waals surface area contributed by atoms with Gasteiger partial charge in [-0.05, 0) is 39.0 Å². The van der Waals surface area contributed by atoms with Gasteiger partial charge in [-0.2, -0.15) is 0 Å². The Labute approximate surface area is 98.9 Å². The van der Waals surface area contributed by atoms with Crippen molar-refractivity contribution in [2.75, 3.05) is 13.2 Å². The molecule has 3 atom stereocenters. The van der Waals surface area contributed by atoms with Gasteiger partial charge in [0.25, 0.3) is 0 Å². The minimum absolute atomic E-state index is 0.0740. The van der Waals surface area contributed by atoms with Crippen LogP contribution in [0, 0.1) is 0 Å². The van der Waals surface area contributed by atoms with Gasteiger partial charge in [-0.15, -0.1) is 0 Å². The van der Waals surface area contributed by atoms with Crippen LogP contribution in [0.25, 0.3) is 0 Å². The maximum Gasteiger partial charge on any atom is 0.157 e. The van der Waals surface area contributed by atoms with Crippen LogP contribution in [0.2, 0.25) is 0 Å². The molecule has 2 heterocycles. The highest BCUT2D eigenvalue weighted by Gasteiger charge is 2.47. The summed E-state index contributed by atoms with van der Waals surface area (Å²) >= 11 is 0. The number of nitrogens with one attached hydrogen (secondary N) is 1. The minimum atomic E-state index is 0.0740. The number of ether oxygens (including phenoxy) is 2. The Morgan fingerprint density at radius 2 is 2.31 bits per heavy atom. The van der Waals surface area contributed by atoms with Crippen LogP contribution >= 0.6 is 0 Å². The molecule has 2 aliphatic heterocycles. The van der Waals surface area contributed by atoms with Crippen molar-refractivity contribution in [2.24, 2.45) is 0 Å². The van der Waals surface area contributed by atoms with Crippen LogP contribution in [-0.4, -0.2) is 31.1 Å². The van der Waals surface area contributed by atoms with Gasteiger partial charge in [0.1, 0.15) is 0 Å². The van der Waals surface area contributed by atoms with Crippen molar-refractivity contribution in [2.45, 2.75) is 70.2 Å². The van der Waals surface area contributed by atoms with Gasteiger partial charge in [0, 0.05) is 18.2 Å². The zero-order valence-electron chi connectivity index (χ0n) is 10.6. The highest BCUT2D eigenvalue weighted by molar-refractivity contribution is 5.10. The van der Waals surface area contributed by atoms with Gasteiger partial charge >= 0.3 is 0 Å². The van der Waals surface area contributed by atoms with E-state index in [1.807, 2.05) is 0 Å². The van der Waals surface area contributed by atoms with Crippen molar-refractivity contribution in [3.8, 4) is 0 Å². The predicted octanol–water partition coefficient (Wildman–Crippen LogP) is 2.45. The lowest BCUT2D eigenvalue weighted by molar-refractivity contribution is -0.162. The van der Waals surface area contributed by atoms with Crippen LogP contribution in [0.1, 0.15) is 52.4 Å². The summed E-state index contributed by atoms with van der Waals surface area (Å²) in [6, 6.07) is 0.663. The van der Waals surface area contributed by atoms with Crippen LogP contribution in [-0.2, 0) is 9.47 Å². The molecule has 2 fully saturated rings. The van der Waals surface area contributed by atoms with Gasteiger partial charge < -0.3 is 14.8 Å². The monoisotopic (exact) mass is 227 g/mol. The summed E-state index contributed by atoms with van der Waals surface area (Å²) in [7, 11) is 0. The fourth-order valence-electron chi connectivity index (χ4n) is 2.67. The molecule has 2 unspecified atom stereocenters. The van der Waals surface area contributed by atoms with E-state index < -0.39 is 0 Å². The third-order valence-corrected chi connectivity index (χ3v) is 3.81. The molecule has 0 aromatic rings. The standard InChI is InChI=1S/C13H25NO2/c1-3-8-13(2)11(14-13)7-10-16-12-6-4-5-9-15-12/h11-12,14H,3-10H2,1-2H3/t11-,12?,13?/m0/s1. The average Bonchev–Trinajstić information content (AvgIpc) is 2.91. The molecule has 16 heavy (non-hydrogen) atoms. The molecular weight excluding hydrogens is 202 g/mol. The van der Waals surface area contributed by atoms with Gasteiger partial charge in [0.05, 0.1) is 6.61 Å².